The largest absolute Gasteiger partial charge is 0.467 e. The zero-order valence-corrected chi connectivity index (χ0v) is 21.9. The summed E-state index contributed by atoms with van der Waals surface area (Å²) in [5.74, 6) is -1.54. The van der Waals surface area contributed by atoms with Gasteiger partial charge in [-0.1, -0.05) is 23.7 Å². The summed E-state index contributed by atoms with van der Waals surface area (Å²) in [7, 11) is 0. The number of hydrogen-bond donors (Lipinski definition) is 1. The highest BCUT2D eigenvalue weighted by molar-refractivity contribution is 6.31. The van der Waals surface area contributed by atoms with Crippen molar-refractivity contribution < 1.29 is 18.3 Å². The Labute approximate surface area is 225 Å². The molecular formula is C28H30ClF2N5O2. The molecule has 3 heterocycles. The van der Waals surface area contributed by atoms with Gasteiger partial charge in [0.05, 0.1) is 16.9 Å². The SMILES string of the molecule is CC(Oc1nc(-c2cccc(C(=O)N3CCC(N4CCCC4)CC3)c2)cnc1N)c1c(F)ccc(F)c1Cl. The van der Waals surface area contributed by atoms with Gasteiger partial charge in [-0.3, -0.25) is 4.79 Å². The van der Waals surface area contributed by atoms with E-state index in [1.807, 2.05) is 11.0 Å². The Balaban J connectivity index is 1.31. The van der Waals surface area contributed by atoms with E-state index in [-0.39, 0.29) is 28.2 Å². The fourth-order valence-corrected chi connectivity index (χ4v) is 5.59. The molecule has 2 N–H and O–H groups in total. The van der Waals surface area contributed by atoms with Crippen molar-refractivity contribution in [3.8, 4) is 17.1 Å². The maximum atomic E-state index is 14.4. The number of hydrogen-bond acceptors (Lipinski definition) is 6. The molecule has 2 fully saturated rings. The zero-order valence-electron chi connectivity index (χ0n) is 21.2. The van der Waals surface area contributed by atoms with E-state index in [0.717, 1.165) is 51.2 Å². The van der Waals surface area contributed by atoms with Crippen LogP contribution in [0.2, 0.25) is 5.02 Å². The van der Waals surface area contributed by atoms with Crippen LogP contribution in [0.4, 0.5) is 14.6 Å². The van der Waals surface area contributed by atoms with Crippen molar-refractivity contribution in [3.05, 3.63) is 70.4 Å². The lowest BCUT2D eigenvalue weighted by Gasteiger charge is -2.36. The first-order valence-corrected chi connectivity index (χ1v) is 13.3. The Morgan fingerprint density at radius 2 is 1.82 bits per heavy atom. The highest BCUT2D eigenvalue weighted by atomic mass is 35.5. The zero-order chi connectivity index (χ0) is 26.8. The van der Waals surface area contributed by atoms with Crippen LogP contribution in [0.5, 0.6) is 5.88 Å². The Bertz CT molecular complexity index is 1330. The maximum Gasteiger partial charge on any atom is 0.258 e. The number of halogens is 3. The second kappa shape index (κ2) is 11.2. The molecule has 0 saturated carbocycles. The number of carbonyl (C=O) groups is 1. The van der Waals surface area contributed by atoms with E-state index >= 15 is 0 Å². The number of carbonyl (C=O) groups excluding carboxylic acids is 1. The number of nitrogens with two attached hydrogens (primary N) is 1. The lowest BCUT2D eigenvalue weighted by Crippen LogP contribution is -2.45. The van der Waals surface area contributed by atoms with Crippen molar-refractivity contribution in [1.29, 1.82) is 0 Å². The number of aromatic nitrogens is 2. The Morgan fingerprint density at radius 3 is 2.55 bits per heavy atom. The Kier molecular flexibility index (Phi) is 7.76. The lowest BCUT2D eigenvalue weighted by molar-refractivity contribution is 0.0644. The van der Waals surface area contributed by atoms with Gasteiger partial charge in [0.1, 0.15) is 17.7 Å². The summed E-state index contributed by atoms with van der Waals surface area (Å²) >= 11 is 5.98. The summed E-state index contributed by atoms with van der Waals surface area (Å²) in [6.07, 6.45) is 5.00. The molecule has 38 heavy (non-hydrogen) atoms. The summed E-state index contributed by atoms with van der Waals surface area (Å²) in [5, 5.41) is -0.365. The van der Waals surface area contributed by atoms with Gasteiger partial charge in [-0.2, -0.15) is 0 Å². The van der Waals surface area contributed by atoms with Crippen molar-refractivity contribution >= 4 is 23.3 Å². The van der Waals surface area contributed by atoms with E-state index < -0.39 is 17.7 Å². The summed E-state index contributed by atoms with van der Waals surface area (Å²) in [6.45, 7) is 5.32. The molecule has 2 aliphatic rings. The van der Waals surface area contributed by atoms with Crippen LogP contribution >= 0.6 is 11.6 Å². The van der Waals surface area contributed by atoms with Gasteiger partial charge in [-0.15, -0.1) is 0 Å². The molecule has 0 bridgehead atoms. The quantitative estimate of drug-likeness (QED) is 0.415. The molecule has 10 heteroatoms. The van der Waals surface area contributed by atoms with Gasteiger partial charge >= 0.3 is 0 Å². The van der Waals surface area contributed by atoms with Gasteiger partial charge in [0.25, 0.3) is 11.8 Å². The number of ether oxygens (including phenoxy) is 1. The van der Waals surface area contributed by atoms with Gasteiger partial charge in [0.2, 0.25) is 0 Å². The van der Waals surface area contributed by atoms with Crippen LogP contribution in [0.25, 0.3) is 11.3 Å². The summed E-state index contributed by atoms with van der Waals surface area (Å²) in [4.78, 5) is 26.4. The number of nitrogens with zero attached hydrogens (tertiary/aromatic N) is 4. The smallest absolute Gasteiger partial charge is 0.258 e. The van der Waals surface area contributed by atoms with Crippen molar-refractivity contribution in [2.24, 2.45) is 0 Å². The topological polar surface area (TPSA) is 84.6 Å². The molecule has 2 aliphatic heterocycles. The molecule has 2 aromatic carbocycles. The van der Waals surface area contributed by atoms with Gasteiger partial charge in [-0.05, 0) is 70.0 Å². The molecule has 5 rings (SSSR count). The molecule has 1 atom stereocenters. The fraction of sp³-hybridized carbons (Fsp3) is 0.393. The fourth-order valence-electron chi connectivity index (χ4n) is 5.28. The second-order valence-electron chi connectivity index (χ2n) is 9.81. The Hall–Kier alpha value is -3.30. The maximum absolute atomic E-state index is 14.4. The minimum Gasteiger partial charge on any atom is -0.467 e. The summed E-state index contributed by atoms with van der Waals surface area (Å²) in [6, 6.07) is 9.67. The number of rotatable bonds is 6. The van der Waals surface area contributed by atoms with Gasteiger partial charge in [0, 0.05) is 35.8 Å². The van der Waals surface area contributed by atoms with E-state index in [0.29, 0.717) is 22.9 Å². The van der Waals surface area contributed by atoms with Crippen LogP contribution in [-0.4, -0.2) is 57.9 Å². The van der Waals surface area contributed by atoms with Crippen LogP contribution in [0, 0.1) is 11.6 Å². The highest BCUT2D eigenvalue weighted by Gasteiger charge is 2.29. The minimum absolute atomic E-state index is 0.0124. The molecule has 0 radical (unpaired) electrons. The molecule has 0 aliphatic carbocycles. The standard InChI is InChI=1S/C28H30ClF2N5O2/c1-17(24-21(30)7-8-22(31)25(24)29)38-27-26(32)33-16-23(34-27)18-5-4-6-19(15-18)28(37)36-13-9-20(10-14-36)35-11-2-3-12-35/h4-8,15-17,20H,2-3,9-14H2,1H3,(H2,32,33). The van der Waals surface area contributed by atoms with E-state index in [9.17, 15) is 13.6 Å². The van der Waals surface area contributed by atoms with Crippen LogP contribution in [0.3, 0.4) is 0 Å². The van der Waals surface area contributed by atoms with E-state index in [2.05, 4.69) is 14.9 Å². The third-order valence-corrected chi connectivity index (χ3v) is 7.74. The number of benzene rings is 2. The highest BCUT2D eigenvalue weighted by Crippen LogP contribution is 2.33. The molecular weight excluding hydrogens is 512 g/mol. The molecule has 200 valence electrons. The third-order valence-electron chi connectivity index (χ3n) is 7.36. The van der Waals surface area contributed by atoms with Crippen LogP contribution in [0.15, 0.2) is 42.6 Å². The number of amides is 1. The number of piperidine rings is 1. The van der Waals surface area contributed by atoms with E-state index in [1.54, 1.807) is 18.2 Å². The monoisotopic (exact) mass is 541 g/mol. The van der Waals surface area contributed by atoms with Crippen LogP contribution in [0.1, 0.15) is 54.6 Å². The van der Waals surface area contributed by atoms with Crippen LogP contribution < -0.4 is 10.5 Å². The third kappa shape index (κ3) is 5.44. The van der Waals surface area contributed by atoms with Gasteiger partial charge in [0.15, 0.2) is 5.82 Å². The molecule has 1 amide bonds. The first-order chi connectivity index (χ1) is 18.3. The molecule has 3 aromatic rings. The van der Waals surface area contributed by atoms with Gasteiger partial charge in [-0.25, -0.2) is 18.7 Å². The normalized spacial score (nSPS) is 17.5. The lowest BCUT2D eigenvalue weighted by atomic mass is 10.0. The van der Waals surface area contributed by atoms with Crippen molar-refractivity contribution in [3.63, 3.8) is 0 Å². The number of nitrogen functional groups attached to an aromatic ring is 1. The molecule has 0 spiro atoms. The predicted octanol–water partition coefficient (Wildman–Crippen LogP) is 5.50. The van der Waals surface area contributed by atoms with Crippen LogP contribution in [-0.2, 0) is 0 Å². The van der Waals surface area contributed by atoms with Crippen molar-refractivity contribution in [1.82, 2.24) is 19.8 Å². The minimum atomic E-state index is -0.985. The molecule has 2 saturated heterocycles. The first kappa shape index (κ1) is 26.3. The molecule has 1 unspecified atom stereocenters. The molecule has 7 nitrogen and oxygen atoms in total. The Morgan fingerprint density at radius 1 is 1.11 bits per heavy atom. The predicted molar refractivity (Wildman–Crippen MR) is 142 cm³/mol. The number of likely N-dealkylation sites (tertiary alicyclic amines) is 2. The van der Waals surface area contributed by atoms with Gasteiger partial charge < -0.3 is 20.3 Å². The number of anilines is 1. The van der Waals surface area contributed by atoms with E-state index in [4.69, 9.17) is 22.1 Å². The second-order valence-corrected chi connectivity index (χ2v) is 10.2. The van der Waals surface area contributed by atoms with E-state index in [1.165, 1.54) is 26.0 Å². The average molecular weight is 542 g/mol. The first-order valence-electron chi connectivity index (χ1n) is 12.9. The van der Waals surface area contributed by atoms with Crippen molar-refractivity contribution in [2.75, 3.05) is 31.9 Å². The summed E-state index contributed by atoms with van der Waals surface area (Å²) < 4.78 is 34.0. The average Bonchev–Trinajstić information content (AvgIpc) is 3.47. The van der Waals surface area contributed by atoms with Crippen molar-refractivity contribution in [2.45, 2.75) is 44.8 Å². The summed E-state index contributed by atoms with van der Waals surface area (Å²) in [5.41, 5.74) is 7.47. The molecule has 1 aromatic heterocycles.